The maximum Gasteiger partial charge on any atom is 0.360 e. The van der Waals surface area contributed by atoms with Crippen LogP contribution in [0.2, 0.25) is 0 Å². The van der Waals surface area contributed by atoms with Crippen LogP contribution in [0.5, 0.6) is 0 Å². The Morgan fingerprint density at radius 3 is 2.50 bits per heavy atom. The molecule has 0 aliphatic heterocycles. The molecular formula is C12H21N3O4S. The van der Waals surface area contributed by atoms with E-state index < -0.39 is 21.8 Å². The Balaban J connectivity index is 3.22. The summed E-state index contributed by atoms with van der Waals surface area (Å²) in [5.74, 6) is 0.0613. The molecule has 1 rings (SSSR count). The van der Waals surface area contributed by atoms with Crippen LogP contribution >= 0.6 is 0 Å². The van der Waals surface area contributed by atoms with Crippen molar-refractivity contribution in [1.82, 2.24) is 9.55 Å². The summed E-state index contributed by atoms with van der Waals surface area (Å²) in [5, 5.41) is 0. The van der Waals surface area contributed by atoms with Gasteiger partial charge in [-0.1, -0.05) is 6.92 Å². The van der Waals surface area contributed by atoms with Crippen molar-refractivity contribution in [2.24, 2.45) is 0 Å². The molecule has 0 saturated heterocycles. The number of rotatable bonds is 6. The van der Waals surface area contributed by atoms with Gasteiger partial charge < -0.3 is 15.0 Å². The first-order chi connectivity index (χ1) is 9.21. The molecule has 1 aromatic rings. The zero-order chi connectivity index (χ0) is 15.5. The van der Waals surface area contributed by atoms with Crippen LogP contribution in [0, 0.1) is 0 Å². The maximum absolute atomic E-state index is 11.8. The summed E-state index contributed by atoms with van der Waals surface area (Å²) in [6.45, 7) is 5.51. The van der Waals surface area contributed by atoms with Crippen LogP contribution in [0.3, 0.4) is 0 Å². The van der Waals surface area contributed by atoms with E-state index in [4.69, 9.17) is 10.5 Å². The molecule has 1 aromatic heterocycles. The lowest BCUT2D eigenvalue weighted by molar-refractivity contribution is 0.0521. The van der Waals surface area contributed by atoms with Crippen molar-refractivity contribution in [2.45, 2.75) is 33.2 Å². The molecule has 114 valence electrons. The molecule has 2 N–H and O–H groups in total. The van der Waals surface area contributed by atoms with Gasteiger partial charge in [0.05, 0.1) is 12.4 Å². The number of sulfone groups is 1. The molecule has 0 radical (unpaired) electrons. The Bertz CT molecular complexity index is 592. The van der Waals surface area contributed by atoms with Gasteiger partial charge in [0, 0.05) is 18.7 Å². The van der Waals surface area contributed by atoms with Gasteiger partial charge in [0.25, 0.3) is 0 Å². The number of ether oxygens (including phenoxy) is 1. The zero-order valence-electron chi connectivity index (χ0n) is 12.2. The lowest BCUT2D eigenvalue weighted by atomic mass is 10.3. The zero-order valence-corrected chi connectivity index (χ0v) is 13.0. The molecule has 0 aliphatic rings. The smallest absolute Gasteiger partial charge is 0.360 e. The highest BCUT2D eigenvalue weighted by atomic mass is 32.2. The van der Waals surface area contributed by atoms with E-state index in [2.05, 4.69) is 4.98 Å². The Kier molecular flexibility index (Phi) is 5.15. The molecule has 0 amide bonds. The predicted molar refractivity (Wildman–Crippen MR) is 76.4 cm³/mol. The van der Waals surface area contributed by atoms with Gasteiger partial charge in [-0.25, -0.2) is 18.2 Å². The van der Waals surface area contributed by atoms with Crippen LogP contribution in [0.25, 0.3) is 0 Å². The minimum Gasteiger partial charge on any atom is -0.461 e. The van der Waals surface area contributed by atoms with E-state index in [0.29, 0.717) is 12.2 Å². The first kappa shape index (κ1) is 16.5. The molecule has 0 spiro atoms. The first-order valence-corrected chi connectivity index (χ1v) is 8.48. The normalized spacial score (nSPS) is 13.2. The molecular weight excluding hydrogens is 282 g/mol. The molecule has 0 fully saturated rings. The molecule has 0 saturated carbocycles. The largest absolute Gasteiger partial charge is 0.461 e. The number of hydrogen-bond acceptors (Lipinski definition) is 6. The highest BCUT2D eigenvalue weighted by Crippen LogP contribution is 2.22. The summed E-state index contributed by atoms with van der Waals surface area (Å²) in [7, 11) is -3.15. The van der Waals surface area contributed by atoms with E-state index >= 15 is 0 Å². The van der Waals surface area contributed by atoms with Crippen LogP contribution in [0.1, 0.15) is 43.1 Å². The summed E-state index contributed by atoms with van der Waals surface area (Å²) in [6.07, 6.45) is 1.70. The molecule has 1 atom stereocenters. The first-order valence-electron chi connectivity index (χ1n) is 6.42. The van der Waals surface area contributed by atoms with Crippen LogP contribution in [-0.2, 0) is 21.0 Å². The quantitative estimate of drug-likeness (QED) is 0.780. The SMILES string of the molecule is CCOC(=O)c1nc(CC)n(C(C)CS(C)(=O)=O)c1N. The molecule has 1 unspecified atom stereocenters. The Labute approximate surface area is 119 Å². The number of hydrogen-bond donors (Lipinski definition) is 1. The number of esters is 1. The van der Waals surface area contributed by atoms with Gasteiger partial charge >= 0.3 is 5.97 Å². The van der Waals surface area contributed by atoms with Crippen molar-refractivity contribution in [3.8, 4) is 0 Å². The predicted octanol–water partition coefficient (Wildman–Crippen LogP) is 0.810. The summed E-state index contributed by atoms with van der Waals surface area (Å²) >= 11 is 0. The highest BCUT2D eigenvalue weighted by molar-refractivity contribution is 7.90. The summed E-state index contributed by atoms with van der Waals surface area (Å²) in [4.78, 5) is 15.9. The average molecular weight is 303 g/mol. The summed E-state index contributed by atoms with van der Waals surface area (Å²) in [6, 6.07) is -0.393. The highest BCUT2D eigenvalue weighted by Gasteiger charge is 2.24. The number of carbonyl (C=O) groups is 1. The lowest BCUT2D eigenvalue weighted by Crippen LogP contribution is -2.20. The molecule has 0 bridgehead atoms. The number of nitrogen functional groups attached to an aromatic ring is 1. The van der Waals surface area contributed by atoms with Crippen molar-refractivity contribution in [1.29, 1.82) is 0 Å². The number of aryl methyl sites for hydroxylation is 1. The fourth-order valence-electron chi connectivity index (χ4n) is 2.10. The monoisotopic (exact) mass is 303 g/mol. The van der Waals surface area contributed by atoms with Gasteiger partial charge in [0.1, 0.15) is 21.5 Å². The Morgan fingerprint density at radius 1 is 1.45 bits per heavy atom. The number of anilines is 1. The van der Waals surface area contributed by atoms with E-state index in [1.165, 1.54) is 0 Å². The fourth-order valence-corrected chi connectivity index (χ4v) is 3.12. The molecule has 0 aliphatic carbocycles. The van der Waals surface area contributed by atoms with E-state index in [1.807, 2.05) is 6.92 Å². The standard InChI is InChI=1S/C12H21N3O4S/c1-5-9-14-10(12(16)19-6-2)11(13)15(9)8(3)7-20(4,17)18/h8H,5-7,13H2,1-4H3. The van der Waals surface area contributed by atoms with Crippen LogP contribution in [0.15, 0.2) is 0 Å². The second-order valence-electron chi connectivity index (χ2n) is 4.65. The number of nitrogens with two attached hydrogens (primary N) is 1. The van der Waals surface area contributed by atoms with E-state index in [-0.39, 0.29) is 23.9 Å². The fraction of sp³-hybridized carbons (Fsp3) is 0.667. The number of nitrogens with zero attached hydrogens (tertiary/aromatic N) is 2. The third-order valence-electron chi connectivity index (χ3n) is 2.79. The molecule has 1 heterocycles. The molecule has 20 heavy (non-hydrogen) atoms. The van der Waals surface area contributed by atoms with Gasteiger partial charge in [-0.05, 0) is 13.8 Å². The van der Waals surface area contributed by atoms with Gasteiger partial charge in [0.2, 0.25) is 0 Å². The van der Waals surface area contributed by atoms with Crippen molar-refractivity contribution in [2.75, 3.05) is 24.3 Å². The minimum absolute atomic E-state index is 0.0454. The molecule has 0 aromatic carbocycles. The number of aromatic nitrogens is 2. The second kappa shape index (κ2) is 6.25. The minimum atomic E-state index is -3.15. The topological polar surface area (TPSA) is 104 Å². The van der Waals surface area contributed by atoms with Crippen LogP contribution in [0.4, 0.5) is 5.82 Å². The van der Waals surface area contributed by atoms with E-state index in [9.17, 15) is 13.2 Å². The van der Waals surface area contributed by atoms with Crippen LogP contribution < -0.4 is 5.73 Å². The third kappa shape index (κ3) is 3.72. The van der Waals surface area contributed by atoms with Crippen molar-refractivity contribution >= 4 is 21.6 Å². The van der Waals surface area contributed by atoms with Crippen molar-refractivity contribution < 1.29 is 17.9 Å². The van der Waals surface area contributed by atoms with Crippen LogP contribution in [-0.4, -0.2) is 42.6 Å². The summed E-state index contributed by atoms with van der Waals surface area (Å²) < 4.78 is 29.3. The average Bonchev–Trinajstić information content (AvgIpc) is 2.64. The maximum atomic E-state index is 11.8. The van der Waals surface area contributed by atoms with Gasteiger partial charge in [-0.3, -0.25) is 0 Å². The molecule has 7 nitrogen and oxygen atoms in total. The van der Waals surface area contributed by atoms with E-state index in [0.717, 1.165) is 6.26 Å². The third-order valence-corrected chi connectivity index (χ3v) is 3.88. The van der Waals surface area contributed by atoms with Gasteiger partial charge in [-0.2, -0.15) is 0 Å². The Hall–Kier alpha value is -1.57. The second-order valence-corrected chi connectivity index (χ2v) is 6.83. The lowest BCUT2D eigenvalue weighted by Gasteiger charge is -2.16. The number of carbonyl (C=O) groups excluding carboxylic acids is 1. The van der Waals surface area contributed by atoms with E-state index in [1.54, 1.807) is 18.4 Å². The van der Waals surface area contributed by atoms with Crippen molar-refractivity contribution in [3.05, 3.63) is 11.5 Å². The summed E-state index contributed by atoms with van der Waals surface area (Å²) in [5.41, 5.74) is 5.98. The Morgan fingerprint density at radius 2 is 2.05 bits per heavy atom. The number of imidazole rings is 1. The molecule has 8 heteroatoms. The van der Waals surface area contributed by atoms with Crippen molar-refractivity contribution in [3.63, 3.8) is 0 Å². The van der Waals surface area contributed by atoms with Gasteiger partial charge in [-0.15, -0.1) is 0 Å². The van der Waals surface area contributed by atoms with Gasteiger partial charge in [0.15, 0.2) is 5.69 Å².